The molecule has 1 atom stereocenters. The summed E-state index contributed by atoms with van der Waals surface area (Å²) in [5.74, 6) is 1.26. The van der Waals surface area contributed by atoms with Gasteiger partial charge in [0.25, 0.3) is 0 Å². The van der Waals surface area contributed by atoms with Crippen molar-refractivity contribution >= 4 is 0 Å². The summed E-state index contributed by atoms with van der Waals surface area (Å²) in [6, 6.07) is 8.18. The molecule has 0 radical (unpaired) electrons. The zero-order valence-electron chi connectivity index (χ0n) is 12.3. The maximum atomic E-state index is 9.31. The molecule has 1 N–H and O–H groups in total. The number of rotatable bonds is 5. The molecule has 0 spiro atoms. The minimum Gasteiger partial charge on any atom is -0.508 e. The first-order chi connectivity index (χ1) is 9.15. The summed E-state index contributed by atoms with van der Waals surface area (Å²) in [5.41, 5.74) is 1.31. The van der Waals surface area contributed by atoms with Crippen molar-refractivity contribution in [3.63, 3.8) is 0 Å². The summed E-state index contributed by atoms with van der Waals surface area (Å²) >= 11 is 0. The highest BCUT2D eigenvalue weighted by Crippen LogP contribution is 2.25. The van der Waals surface area contributed by atoms with Crippen LogP contribution >= 0.6 is 0 Å². The molecule has 1 aromatic rings. The zero-order valence-corrected chi connectivity index (χ0v) is 12.3. The standard InChI is InChI=1S/C17H27NO/c1-14(12-15-8-10-17(19)11-9-15)18(2)13-16-6-4-3-5-7-16/h8-11,14,16,19H,3-7,12-13H2,1-2H3. The number of phenolic OH excluding ortho intramolecular Hbond substituents is 1. The van der Waals surface area contributed by atoms with E-state index in [-0.39, 0.29) is 0 Å². The quantitative estimate of drug-likeness (QED) is 0.870. The minimum atomic E-state index is 0.354. The molecule has 0 aliphatic heterocycles. The second-order valence-corrected chi connectivity index (χ2v) is 6.16. The molecule has 19 heavy (non-hydrogen) atoms. The van der Waals surface area contributed by atoms with Crippen LogP contribution in [0.15, 0.2) is 24.3 Å². The highest BCUT2D eigenvalue weighted by Gasteiger charge is 2.18. The lowest BCUT2D eigenvalue weighted by Crippen LogP contribution is -2.35. The number of benzene rings is 1. The van der Waals surface area contributed by atoms with E-state index in [1.807, 2.05) is 12.1 Å². The first kappa shape index (κ1) is 14.4. The van der Waals surface area contributed by atoms with Crippen molar-refractivity contribution in [3.05, 3.63) is 29.8 Å². The second-order valence-electron chi connectivity index (χ2n) is 6.16. The molecule has 1 aliphatic rings. The van der Waals surface area contributed by atoms with Gasteiger partial charge >= 0.3 is 0 Å². The summed E-state index contributed by atoms with van der Waals surface area (Å²) in [5, 5.41) is 9.31. The highest BCUT2D eigenvalue weighted by molar-refractivity contribution is 5.26. The Kier molecular flexibility index (Phi) is 5.26. The summed E-state index contributed by atoms with van der Waals surface area (Å²) in [7, 11) is 2.25. The van der Waals surface area contributed by atoms with E-state index in [2.05, 4.69) is 18.9 Å². The average Bonchev–Trinajstić information content (AvgIpc) is 2.42. The monoisotopic (exact) mass is 261 g/mol. The van der Waals surface area contributed by atoms with Crippen LogP contribution in [0.5, 0.6) is 5.75 Å². The molecular formula is C17H27NO. The van der Waals surface area contributed by atoms with Gasteiger partial charge in [0, 0.05) is 12.6 Å². The molecule has 2 nitrogen and oxygen atoms in total. The average molecular weight is 261 g/mol. The van der Waals surface area contributed by atoms with Gasteiger partial charge < -0.3 is 10.0 Å². The topological polar surface area (TPSA) is 23.5 Å². The van der Waals surface area contributed by atoms with Crippen LogP contribution < -0.4 is 0 Å². The van der Waals surface area contributed by atoms with Gasteiger partial charge in [0.1, 0.15) is 5.75 Å². The Hall–Kier alpha value is -1.02. The molecule has 1 aromatic carbocycles. The van der Waals surface area contributed by atoms with Crippen molar-refractivity contribution in [2.45, 2.75) is 51.5 Å². The lowest BCUT2D eigenvalue weighted by atomic mass is 9.88. The highest BCUT2D eigenvalue weighted by atomic mass is 16.3. The number of nitrogens with zero attached hydrogens (tertiary/aromatic N) is 1. The van der Waals surface area contributed by atoms with Gasteiger partial charge in [-0.3, -0.25) is 0 Å². The van der Waals surface area contributed by atoms with E-state index in [9.17, 15) is 5.11 Å². The molecule has 0 aromatic heterocycles. The van der Waals surface area contributed by atoms with E-state index in [0.717, 1.165) is 12.3 Å². The molecule has 0 heterocycles. The fraction of sp³-hybridized carbons (Fsp3) is 0.647. The number of phenols is 1. The summed E-state index contributed by atoms with van der Waals surface area (Å²) in [6.07, 6.45) is 8.16. The van der Waals surface area contributed by atoms with E-state index >= 15 is 0 Å². The molecular weight excluding hydrogens is 234 g/mol. The Morgan fingerprint density at radius 2 is 1.79 bits per heavy atom. The third-order valence-corrected chi connectivity index (χ3v) is 4.49. The molecule has 0 amide bonds. The lowest BCUT2D eigenvalue weighted by molar-refractivity contribution is 0.190. The van der Waals surface area contributed by atoms with Gasteiger partial charge in [0.15, 0.2) is 0 Å². The van der Waals surface area contributed by atoms with Crippen molar-refractivity contribution in [1.82, 2.24) is 4.90 Å². The zero-order chi connectivity index (χ0) is 13.7. The van der Waals surface area contributed by atoms with Crippen molar-refractivity contribution in [2.24, 2.45) is 5.92 Å². The normalized spacial score (nSPS) is 18.7. The Morgan fingerprint density at radius 1 is 1.16 bits per heavy atom. The van der Waals surface area contributed by atoms with Gasteiger partial charge in [0.05, 0.1) is 0 Å². The largest absolute Gasteiger partial charge is 0.508 e. The van der Waals surface area contributed by atoms with E-state index < -0.39 is 0 Å². The SMILES string of the molecule is CC(Cc1ccc(O)cc1)N(C)CC1CCCCC1. The van der Waals surface area contributed by atoms with Gasteiger partial charge in [-0.25, -0.2) is 0 Å². The maximum absolute atomic E-state index is 9.31. The maximum Gasteiger partial charge on any atom is 0.115 e. The van der Waals surface area contributed by atoms with E-state index in [4.69, 9.17) is 0 Å². The Labute approximate surface area is 117 Å². The molecule has 0 saturated heterocycles. The van der Waals surface area contributed by atoms with Gasteiger partial charge in [-0.1, -0.05) is 31.4 Å². The molecule has 106 valence electrons. The third kappa shape index (κ3) is 4.54. The molecule has 1 aliphatic carbocycles. The second kappa shape index (κ2) is 6.95. The molecule has 1 fully saturated rings. The summed E-state index contributed by atoms with van der Waals surface area (Å²) in [4.78, 5) is 2.50. The number of aromatic hydroxyl groups is 1. The third-order valence-electron chi connectivity index (χ3n) is 4.49. The molecule has 0 bridgehead atoms. The fourth-order valence-corrected chi connectivity index (χ4v) is 3.09. The van der Waals surface area contributed by atoms with Crippen molar-refractivity contribution in [2.75, 3.05) is 13.6 Å². The van der Waals surface area contributed by atoms with E-state index in [0.29, 0.717) is 11.8 Å². The molecule has 1 unspecified atom stereocenters. The predicted octanol–water partition coefficient (Wildman–Crippen LogP) is 3.84. The van der Waals surface area contributed by atoms with E-state index in [1.54, 1.807) is 12.1 Å². The van der Waals surface area contributed by atoms with Gasteiger partial charge in [-0.05, 0) is 56.8 Å². The number of hydrogen-bond donors (Lipinski definition) is 1. The Balaban J connectivity index is 1.81. The van der Waals surface area contributed by atoms with Crippen LogP contribution in [0.2, 0.25) is 0 Å². The smallest absolute Gasteiger partial charge is 0.115 e. The van der Waals surface area contributed by atoms with Crippen molar-refractivity contribution in [3.8, 4) is 5.75 Å². The molecule has 1 saturated carbocycles. The van der Waals surface area contributed by atoms with Crippen LogP contribution in [0.3, 0.4) is 0 Å². The van der Waals surface area contributed by atoms with Crippen LogP contribution in [0.4, 0.5) is 0 Å². The van der Waals surface area contributed by atoms with Gasteiger partial charge in [-0.15, -0.1) is 0 Å². The van der Waals surface area contributed by atoms with Crippen molar-refractivity contribution < 1.29 is 5.11 Å². The lowest BCUT2D eigenvalue weighted by Gasteiger charge is -2.31. The molecule has 2 heteroatoms. The fourth-order valence-electron chi connectivity index (χ4n) is 3.09. The summed E-state index contributed by atoms with van der Waals surface area (Å²) in [6.45, 7) is 3.54. The van der Waals surface area contributed by atoms with Crippen LogP contribution in [-0.4, -0.2) is 29.6 Å². The van der Waals surface area contributed by atoms with Crippen LogP contribution in [-0.2, 0) is 6.42 Å². The Bertz CT molecular complexity index is 367. The predicted molar refractivity (Wildman–Crippen MR) is 80.5 cm³/mol. The number of hydrogen-bond acceptors (Lipinski definition) is 2. The summed E-state index contributed by atoms with van der Waals surface area (Å²) < 4.78 is 0. The van der Waals surface area contributed by atoms with E-state index in [1.165, 1.54) is 44.2 Å². The van der Waals surface area contributed by atoms with Gasteiger partial charge in [0.2, 0.25) is 0 Å². The van der Waals surface area contributed by atoms with Gasteiger partial charge in [-0.2, -0.15) is 0 Å². The van der Waals surface area contributed by atoms with Crippen molar-refractivity contribution in [1.29, 1.82) is 0 Å². The first-order valence-corrected chi connectivity index (χ1v) is 7.63. The molecule has 2 rings (SSSR count). The first-order valence-electron chi connectivity index (χ1n) is 7.63. The number of likely N-dealkylation sites (N-methyl/N-ethyl adjacent to an activating group) is 1. The van der Waals surface area contributed by atoms with Crippen LogP contribution in [0.25, 0.3) is 0 Å². The Morgan fingerprint density at radius 3 is 2.42 bits per heavy atom. The van der Waals surface area contributed by atoms with Crippen LogP contribution in [0.1, 0.15) is 44.6 Å². The minimum absolute atomic E-state index is 0.354. The van der Waals surface area contributed by atoms with Crippen LogP contribution in [0, 0.1) is 5.92 Å².